The van der Waals surface area contributed by atoms with E-state index in [1.54, 1.807) is 0 Å². The third-order valence-electron chi connectivity index (χ3n) is 9.95. The summed E-state index contributed by atoms with van der Waals surface area (Å²) < 4.78 is 4.64. The summed E-state index contributed by atoms with van der Waals surface area (Å²) in [4.78, 5) is 10.3. The molecule has 0 radical (unpaired) electrons. The molecule has 244 valence electrons. The average Bonchev–Trinajstić information content (AvgIpc) is 3.78. The quantitative estimate of drug-likeness (QED) is 0.177. The Morgan fingerprint density at radius 3 is 1.63 bits per heavy atom. The van der Waals surface area contributed by atoms with E-state index >= 15 is 0 Å². The van der Waals surface area contributed by atoms with E-state index in [1.807, 2.05) is 24.3 Å². The first kappa shape index (κ1) is 29.8. The molecule has 0 saturated heterocycles. The summed E-state index contributed by atoms with van der Waals surface area (Å²) in [5.41, 5.74) is 12.1. The van der Waals surface area contributed by atoms with Gasteiger partial charge in [0.2, 0.25) is 0 Å². The SMILES string of the molecule is c1ccc(-c2cc(-n3c(-c4cccc(-c5ccc(-n6c7ccccc7c7ccccc76)cc5)c4)cc4ccccc43)nc(-c3ccccc3)n2)cc1. The van der Waals surface area contributed by atoms with Gasteiger partial charge in [0.05, 0.1) is 27.9 Å². The lowest BCUT2D eigenvalue weighted by Crippen LogP contribution is -2.04. The number of hydrogen-bond acceptors (Lipinski definition) is 2. The summed E-state index contributed by atoms with van der Waals surface area (Å²) in [5, 5.41) is 3.68. The Bertz CT molecular complexity index is 2770. The van der Waals surface area contributed by atoms with Crippen molar-refractivity contribution in [2.45, 2.75) is 0 Å². The summed E-state index contributed by atoms with van der Waals surface area (Å²) in [6.45, 7) is 0. The van der Waals surface area contributed by atoms with Crippen molar-refractivity contribution in [3.05, 3.63) is 194 Å². The van der Waals surface area contributed by atoms with E-state index < -0.39 is 0 Å². The second-order valence-corrected chi connectivity index (χ2v) is 13.1. The van der Waals surface area contributed by atoms with Gasteiger partial charge in [-0.3, -0.25) is 4.57 Å². The fourth-order valence-corrected chi connectivity index (χ4v) is 7.50. The number of nitrogens with zero attached hydrogens (tertiary/aromatic N) is 4. The lowest BCUT2D eigenvalue weighted by molar-refractivity contribution is 1.02. The third kappa shape index (κ3) is 5.09. The maximum absolute atomic E-state index is 5.22. The van der Waals surface area contributed by atoms with Crippen LogP contribution in [0.15, 0.2) is 194 Å². The predicted molar refractivity (Wildman–Crippen MR) is 215 cm³/mol. The van der Waals surface area contributed by atoms with Gasteiger partial charge in [0.1, 0.15) is 5.82 Å². The minimum absolute atomic E-state index is 0.692. The lowest BCUT2D eigenvalue weighted by Gasteiger charge is -2.15. The van der Waals surface area contributed by atoms with Crippen molar-refractivity contribution in [3.8, 4) is 56.5 Å². The van der Waals surface area contributed by atoms with Gasteiger partial charge in [0.15, 0.2) is 5.82 Å². The first-order valence-corrected chi connectivity index (χ1v) is 17.6. The summed E-state index contributed by atoms with van der Waals surface area (Å²) in [7, 11) is 0. The maximum Gasteiger partial charge on any atom is 0.162 e. The van der Waals surface area contributed by atoms with Gasteiger partial charge in [-0.05, 0) is 59.2 Å². The van der Waals surface area contributed by atoms with Crippen LogP contribution in [0, 0.1) is 0 Å². The fourth-order valence-electron chi connectivity index (χ4n) is 7.50. The van der Waals surface area contributed by atoms with Crippen LogP contribution in [0.25, 0.3) is 89.2 Å². The van der Waals surface area contributed by atoms with E-state index in [-0.39, 0.29) is 0 Å². The summed E-state index contributed by atoms with van der Waals surface area (Å²) in [5.74, 6) is 1.52. The molecule has 0 aliphatic carbocycles. The lowest BCUT2D eigenvalue weighted by atomic mass is 10.0. The van der Waals surface area contributed by atoms with Gasteiger partial charge >= 0.3 is 0 Å². The molecular weight excluding hydrogens is 633 g/mol. The first-order chi connectivity index (χ1) is 25.8. The molecule has 0 amide bonds. The number of hydrogen-bond donors (Lipinski definition) is 0. The van der Waals surface area contributed by atoms with Crippen molar-refractivity contribution >= 4 is 32.7 Å². The van der Waals surface area contributed by atoms with E-state index in [1.165, 1.54) is 21.8 Å². The molecule has 7 aromatic carbocycles. The number of aromatic nitrogens is 4. The van der Waals surface area contributed by atoms with E-state index in [2.05, 4.69) is 179 Å². The molecule has 0 atom stereocenters. The Morgan fingerprint density at radius 2 is 0.923 bits per heavy atom. The van der Waals surface area contributed by atoms with Gasteiger partial charge in [-0.2, -0.15) is 0 Å². The number of rotatable bonds is 6. The first-order valence-electron chi connectivity index (χ1n) is 17.6. The van der Waals surface area contributed by atoms with Crippen LogP contribution in [-0.2, 0) is 0 Å². The maximum atomic E-state index is 5.22. The molecule has 3 heterocycles. The van der Waals surface area contributed by atoms with E-state index in [9.17, 15) is 0 Å². The van der Waals surface area contributed by atoms with Gasteiger partial charge < -0.3 is 4.57 Å². The molecule has 0 unspecified atom stereocenters. The van der Waals surface area contributed by atoms with Crippen LogP contribution in [-0.4, -0.2) is 19.1 Å². The van der Waals surface area contributed by atoms with Crippen LogP contribution >= 0.6 is 0 Å². The normalized spacial score (nSPS) is 11.5. The van der Waals surface area contributed by atoms with Gasteiger partial charge in [-0.15, -0.1) is 0 Å². The highest BCUT2D eigenvalue weighted by Crippen LogP contribution is 2.36. The number of benzene rings is 7. The Hall–Kier alpha value is -7.04. The van der Waals surface area contributed by atoms with E-state index in [0.717, 1.165) is 61.6 Å². The summed E-state index contributed by atoms with van der Waals surface area (Å²) in [6.07, 6.45) is 0. The highest BCUT2D eigenvalue weighted by molar-refractivity contribution is 6.09. The number of para-hydroxylation sites is 3. The van der Waals surface area contributed by atoms with Crippen molar-refractivity contribution in [1.82, 2.24) is 19.1 Å². The standard InChI is InChI=1S/C48H32N4/c1-3-14-34(15-4-1)42-32-47(50-48(49-42)35-16-5-2-6-17-35)52-43-23-10-7-18-38(43)31-46(52)37-20-13-19-36(30-37)33-26-28-39(29-27-33)51-44-24-11-8-21-40(44)41-22-9-12-25-45(41)51/h1-32H. The zero-order chi connectivity index (χ0) is 34.4. The molecule has 0 saturated carbocycles. The Morgan fingerprint density at radius 1 is 0.346 bits per heavy atom. The minimum Gasteiger partial charge on any atom is -0.309 e. The topological polar surface area (TPSA) is 35.6 Å². The third-order valence-corrected chi connectivity index (χ3v) is 9.95. The molecule has 0 N–H and O–H groups in total. The van der Waals surface area contributed by atoms with Crippen molar-refractivity contribution in [2.24, 2.45) is 0 Å². The molecule has 0 aliphatic heterocycles. The molecule has 0 fully saturated rings. The Kier molecular flexibility index (Phi) is 7.10. The van der Waals surface area contributed by atoms with Gasteiger partial charge in [0, 0.05) is 39.0 Å². The highest BCUT2D eigenvalue weighted by atomic mass is 15.1. The highest BCUT2D eigenvalue weighted by Gasteiger charge is 2.18. The smallest absolute Gasteiger partial charge is 0.162 e. The Labute approximate surface area is 301 Å². The molecule has 10 rings (SSSR count). The van der Waals surface area contributed by atoms with Crippen molar-refractivity contribution in [2.75, 3.05) is 0 Å². The molecule has 4 nitrogen and oxygen atoms in total. The Balaban J connectivity index is 1.10. The fraction of sp³-hybridized carbons (Fsp3) is 0. The molecule has 0 spiro atoms. The molecule has 52 heavy (non-hydrogen) atoms. The monoisotopic (exact) mass is 664 g/mol. The summed E-state index contributed by atoms with van der Waals surface area (Å²) >= 11 is 0. The zero-order valence-corrected chi connectivity index (χ0v) is 28.3. The largest absolute Gasteiger partial charge is 0.309 e. The second-order valence-electron chi connectivity index (χ2n) is 13.1. The van der Waals surface area contributed by atoms with Crippen molar-refractivity contribution in [1.29, 1.82) is 0 Å². The van der Waals surface area contributed by atoms with Gasteiger partial charge in [0.25, 0.3) is 0 Å². The second kappa shape index (κ2) is 12.4. The van der Waals surface area contributed by atoms with E-state index in [4.69, 9.17) is 9.97 Å². The molecule has 3 aromatic heterocycles. The van der Waals surface area contributed by atoms with Crippen LogP contribution < -0.4 is 0 Å². The summed E-state index contributed by atoms with van der Waals surface area (Å²) in [6, 6.07) is 68.5. The minimum atomic E-state index is 0.692. The molecule has 10 aromatic rings. The predicted octanol–water partition coefficient (Wildman–Crippen LogP) is 12.2. The van der Waals surface area contributed by atoms with Crippen LogP contribution in [0.3, 0.4) is 0 Å². The molecule has 4 heteroatoms. The van der Waals surface area contributed by atoms with Gasteiger partial charge in [-0.1, -0.05) is 146 Å². The van der Waals surface area contributed by atoms with Crippen molar-refractivity contribution < 1.29 is 0 Å². The van der Waals surface area contributed by atoms with Crippen LogP contribution in [0.4, 0.5) is 0 Å². The van der Waals surface area contributed by atoms with Crippen molar-refractivity contribution in [3.63, 3.8) is 0 Å². The molecule has 0 bridgehead atoms. The molecule has 0 aliphatic rings. The van der Waals surface area contributed by atoms with Crippen LogP contribution in [0.5, 0.6) is 0 Å². The van der Waals surface area contributed by atoms with Crippen LogP contribution in [0.1, 0.15) is 0 Å². The molecular formula is C48H32N4. The number of fused-ring (bicyclic) bond motifs is 4. The zero-order valence-electron chi connectivity index (χ0n) is 28.3. The van der Waals surface area contributed by atoms with Crippen LogP contribution in [0.2, 0.25) is 0 Å². The average molecular weight is 665 g/mol. The van der Waals surface area contributed by atoms with E-state index in [0.29, 0.717) is 5.82 Å². The van der Waals surface area contributed by atoms with Gasteiger partial charge in [-0.25, -0.2) is 9.97 Å².